The van der Waals surface area contributed by atoms with E-state index in [2.05, 4.69) is 10.4 Å². The summed E-state index contributed by atoms with van der Waals surface area (Å²) in [5.74, 6) is 0.704. The van der Waals surface area contributed by atoms with Gasteiger partial charge in [0.05, 0.1) is 24.5 Å². The van der Waals surface area contributed by atoms with Crippen molar-refractivity contribution in [1.82, 2.24) is 15.1 Å². The van der Waals surface area contributed by atoms with Crippen LogP contribution >= 0.6 is 23.2 Å². The number of nitrogens with one attached hydrogen (secondary N) is 1. The molecular formula is C15H19Cl2N3O2. The maximum Gasteiger partial charge on any atom is 0.216 e. The van der Waals surface area contributed by atoms with E-state index in [0.29, 0.717) is 34.6 Å². The van der Waals surface area contributed by atoms with Crippen LogP contribution in [0.25, 0.3) is 0 Å². The minimum atomic E-state index is -0.788. The number of benzene rings is 1. The van der Waals surface area contributed by atoms with Gasteiger partial charge in [0.2, 0.25) is 5.88 Å². The highest BCUT2D eigenvalue weighted by atomic mass is 35.5. The highest BCUT2D eigenvalue weighted by molar-refractivity contribution is 6.36. The predicted octanol–water partition coefficient (Wildman–Crippen LogP) is 2.87. The van der Waals surface area contributed by atoms with E-state index in [1.165, 1.54) is 0 Å². The molecule has 0 aliphatic heterocycles. The number of nitrogens with zero attached hydrogens (tertiary/aromatic N) is 2. The highest BCUT2D eigenvalue weighted by Crippen LogP contribution is 2.30. The smallest absolute Gasteiger partial charge is 0.216 e. The molecule has 120 valence electrons. The van der Waals surface area contributed by atoms with Crippen LogP contribution in [-0.2, 0) is 13.6 Å². The summed E-state index contributed by atoms with van der Waals surface area (Å²) >= 11 is 12.2. The molecule has 1 atom stereocenters. The van der Waals surface area contributed by atoms with Crippen LogP contribution in [0.4, 0.5) is 0 Å². The summed E-state index contributed by atoms with van der Waals surface area (Å²) in [7, 11) is 3.44. The minimum Gasteiger partial charge on any atom is -0.481 e. The molecule has 0 radical (unpaired) electrons. The van der Waals surface area contributed by atoms with Crippen molar-refractivity contribution < 1.29 is 9.84 Å². The SMILES string of the molecule is COc1c(CNCC(O)c2c(Cl)cccc2Cl)c(C)nn1C. The molecule has 2 aromatic rings. The van der Waals surface area contributed by atoms with Crippen LogP contribution in [0, 0.1) is 6.92 Å². The number of hydrogen-bond donors (Lipinski definition) is 2. The van der Waals surface area contributed by atoms with E-state index in [4.69, 9.17) is 27.9 Å². The topological polar surface area (TPSA) is 59.3 Å². The highest BCUT2D eigenvalue weighted by Gasteiger charge is 2.17. The lowest BCUT2D eigenvalue weighted by molar-refractivity contribution is 0.174. The number of aryl methyl sites for hydroxylation is 2. The maximum atomic E-state index is 10.3. The molecule has 0 aliphatic carbocycles. The fraction of sp³-hybridized carbons (Fsp3) is 0.400. The van der Waals surface area contributed by atoms with E-state index < -0.39 is 6.10 Å². The van der Waals surface area contributed by atoms with Crippen molar-refractivity contribution in [2.24, 2.45) is 7.05 Å². The van der Waals surface area contributed by atoms with Crippen molar-refractivity contribution in [1.29, 1.82) is 0 Å². The van der Waals surface area contributed by atoms with Crippen molar-refractivity contribution in [3.63, 3.8) is 0 Å². The molecule has 0 amide bonds. The molecule has 0 saturated carbocycles. The predicted molar refractivity (Wildman–Crippen MR) is 87.6 cm³/mol. The van der Waals surface area contributed by atoms with Gasteiger partial charge in [-0.2, -0.15) is 5.10 Å². The number of aliphatic hydroxyl groups is 1. The van der Waals surface area contributed by atoms with Crippen molar-refractivity contribution >= 4 is 23.2 Å². The van der Waals surface area contributed by atoms with E-state index in [1.807, 2.05) is 14.0 Å². The first kappa shape index (κ1) is 17.1. The molecule has 2 N–H and O–H groups in total. The van der Waals surface area contributed by atoms with Gasteiger partial charge in [-0.3, -0.25) is 0 Å². The van der Waals surface area contributed by atoms with E-state index in [0.717, 1.165) is 11.3 Å². The van der Waals surface area contributed by atoms with Crippen LogP contribution in [0.15, 0.2) is 18.2 Å². The number of methoxy groups -OCH3 is 1. The van der Waals surface area contributed by atoms with Gasteiger partial charge in [0, 0.05) is 35.7 Å². The van der Waals surface area contributed by atoms with Gasteiger partial charge in [0.1, 0.15) is 0 Å². The third kappa shape index (κ3) is 3.55. The van der Waals surface area contributed by atoms with Crippen LogP contribution < -0.4 is 10.1 Å². The van der Waals surface area contributed by atoms with Crippen LogP contribution in [0.2, 0.25) is 10.0 Å². The van der Waals surface area contributed by atoms with Gasteiger partial charge in [-0.25, -0.2) is 4.68 Å². The molecule has 0 saturated heterocycles. The molecule has 22 heavy (non-hydrogen) atoms. The average Bonchev–Trinajstić information content (AvgIpc) is 2.72. The van der Waals surface area contributed by atoms with Crippen molar-refractivity contribution in [2.45, 2.75) is 19.6 Å². The number of aliphatic hydroxyl groups excluding tert-OH is 1. The lowest BCUT2D eigenvalue weighted by atomic mass is 10.1. The Labute approximate surface area is 139 Å². The Morgan fingerprint density at radius 2 is 2.00 bits per heavy atom. The first-order valence-corrected chi connectivity index (χ1v) is 7.60. The third-order valence-electron chi connectivity index (χ3n) is 3.45. The number of halogens is 2. The van der Waals surface area contributed by atoms with Gasteiger partial charge in [-0.1, -0.05) is 29.3 Å². The molecule has 0 aliphatic rings. The molecule has 7 heteroatoms. The molecule has 0 bridgehead atoms. The van der Waals surface area contributed by atoms with Gasteiger partial charge < -0.3 is 15.2 Å². The van der Waals surface area contributed by atoms with Crippen molar-refractivity contribution in [3.8, 4) is 5.88 Å². The lowest BCUT2D eigenvalue weighted by Gasteiger charge is -2.15. The van der Waals surface area contributed by atoms with E-state index in [-0.39, 0.29) is 0 Å². The van der Waals surface area contributed by atoms with Gasteiger partial charge in [-0.05, 0) is 19.1 Å². The molecule has 0 fully saturated rings. The Balaban J connectivity index is 2.02. The first-order chi connectivity index (χ1) is 10.5. The van der Waals surface area contributed by atoms with E-state index in [1.54, 1.807) is 30.0 Å². The summed E-state index contributed by atoms with van der Waals surface area (Å²) in [5.41, 5.74) is 2.38. The Morgan fingerprint density at radius 3 is 2.59 bits per heavy atom. The second-order valence-electron chi connectivity index (χ2n) is 4.98. The normalized spacial score (nSPS) is 12.5. The maximum absolute atomic E-state index is 10.3. The summed E-state index contributed by atoms with van der Waals surface area (Å²) in [6.45, 7) is 2.77. The first-order valence-electron chi connectivity index (χ1n) is 6.84. The summed E-state index contributed by atoms with van der Waals surface area (Å²) in [6, 6.07) is 5.17. The summed E-state index contributed by atoms with van der Waals surface area (Å²) < 4.78 is 7.02. The van der Waals surface area contributed by atoms with Crippen molar-refractivity contribution in [2.75, 3.05) is 13.7 Å². The fourth-order valence-corrected chi connectivity index (χ4v) is 3.05. The summed E-state index contributed by atoms with van der Waals surface area (Å²) in [5, 5.41) is 18.7. The zero-order valence-corrected chi connectivity index (χ0v) is 14.2. The Bertz CT molecular complexity index is 638. The third-order valence-corrected chi connectivity index (χ3v) is 4.11. The second-order valence-corrected chi connectivity index (χ2v) is 5.79. The monoisotopic (exact) mass is 343 g/mol. The molecule has 5 nitrogen and oxygen atoms in total. The number of aromatic nitrogens is 2. The largest absolute Gasteiger partial charge is 0.481 e. The summed E-state index contributed by atoms with van der Waals surface area (Å²) in [4.78, 5) is 0. The molecule has 1 unspecified atom stereocenters. The summed E-state index contributed by atoms with van der Waals surface area (Å²) in [6.07, 6.45) is -0.788. The van der Waals surface area contributed by atoms with Crippen molar-refractivity contribution in [3.05, 3.63) is 45.1 Å². The molecule has 2 rings (SSSR count). The molecule has 1 heterocycles. The van der Waals surface area contributed by atoms with Gasteiger partial charge in [0.15, 0.2) is 0 Å². The van der Waals surface area contributed by atoms with Crippen LogP contribution in [-0.4, -0.2) is 28.5 Å². The second kappa shape index (κ2) is 7.33. The lowest BCUT2D eigenvalue weighted by Crippen LogP contribution is -2.22. The van der Waals surface area contributed by atoms with Gasteiger partial charge >= 0.3 is 0 Å². The quantitative estimate of drug-likeness (QED) is 0.846. The number of rotatable bonds is 6. The van der Waals surface area contributed by atoms with Crippen LogP contribution in [0.3, 0.4) is 0 Å². The van der Waals surface area contributed by atoms with Gasteiger partial charge in [0.25, 0.3) is 0 Å². The average molecular weight is 344 g/mol. The molecule has 1 aromatic heterocycles. The minimum absolute atomic E-state index is 0.320. The number of hydrogen-bond acceptors (Lipinski definition) is 4. The van der Waals surface area contributed by atoms with E-state index >= 15 is 0 Å². The van der Waals surface area contributed by atoms with E-state index in [9.17, 15) is 5.11 Å². The van der Waals surface area contributed by atoms with Gasteiger partial charge in [-0.15, -0.1) is 0 Å². The molecule has 0 spiro atoms. The zero-order chi connectivity index (χ0) is 16.3. The van der Waals surface area contributed by atoms with Crippen LogP contribution in [0.1, 0.15) is 22.9 Å². The standard InChI is InChI=1S/C15H19Cl2N3O2/c1-9-10(15(22-3)20(2)19-9)7-18-8-13(21)14-11(16)5-4-6-12(14)17/h4-6,13,18,21H,7-8H2,1-3H3. The fourth-order valence-electron chi connectivity index (χ4n) is 2.40. The Hall–Kier alpha value is -1.27. The zero-order valence-electron chi connectivity index (χ0n) is 12.7. The number of ether oxygens (including phenoxy) is 1. The van der Waals surface area contributed by atoms with Crippen LogP contribution in [0.5, 0.6) is 5.88 Å². The Morgan fingerprint density at radius 1 is 1.36 bits per heavy atom. The molecular weight excluding hydrogens is 325 g/mol. The Kier molecular flexibility index (Phi) is 5.69. The molecule has 1 aromatic carbocycles.